The molecule has 0 N–H and O–H groups in total. The van der Waals surface area contributed by atoms with E-state index in [0.29, 0.717) is 25.9 Å². The zero-order chi connectivity index (χ0) is 18.5. The van der Waals surface area contributed by atoms with Crippen LogP contribution in [-0.2, 0) is 12.8 Å². The van der Waals surface area contributed by atoms with Gasteiger partial charge in [0.2, 0.25) is 5.75 Å². The second-order valence-corrected chi connectivity index (χ2v) is 7.35. The van der Waals surface area contributed by atoms with Gasteiger partial charge < -0.3 is 14.2 Å². The average molecular weight is 367 g/mol. The molecule has 0 saturated carbocycles. The number of hydrogen-bond donors (Lipinski definition) is 0. The van der Waals surface area contributed by atoms with Gasteiger partial charge in [-0.1, -0.05) is 37.3 Å². The number of para-hydroxylation sites is 1. The lowest BCUT2D eigenvalue weighted by molar-refractivity contribution is 0.156. The van der Waals surface area contributed by atoms with Crippen LogP contribution < -0.4 is 14.2 Å². The van der Waals surface area contributed by atoms with Crippen LogP contribution in [0.5, 0.6) is 17.2 Å². The minimum Gasteiger partial charge on any atom is -0.489 e. The molecule has 1 aliphatic carbocycles. The molecule has 0 unspecified atom stereocenters. The second-order valence-electron chi connectivity index (χ2n) is 7.35. The van der Waals surface area contributed by atoms with Crippen molar-refractivity contribution in [3.05, 3.63) is 53.6 Å². The Bertz CT molecular complexity index is 736. The predicted octanol–water partition coefficient (Wildman–Crippen LogP) is 4.11. The largest absolute Gasteiger partial charge is 0.489 e. The number of ether oxygens (including phenoxy) is 3. The third-order valence-electron chi connectivity index (χ3n) is 5.43. The summed E-state index contributed by atoms with van der Waals surface area (Å²) in [5.74, 6) is 2.33. The number of nitrogens with zero attached hydrogens (tertiary/aromatic N) is 1. The molecule has 144 valence electrons. The molecule has 4 rings (SSSR count). The molecule has 0 bridgehead atoms. The van der Waals surface area contributed by atoms with Crippen molar-refractivity contribution in [3.8, 4) is 17.2 Å². The van der Waals surface area contributed by atoms with Crippen LogP contribution in [0.15, 0.2) is 42.5 Å². The van der Waals surface area contributed by atoms with Gasteiger partial charge in [0.1, 0.15) is 13.2 Å². The Morgan fingerprint density at radius 1 is 0.963 bits per heavy atom. The van der Waals surface area contributed by atoms with E-state index in [1.165, 1.54) is 30.4 Å². The van der Waals surface area contributed by atoms with E-state index in [4.69, 9.17) is 14.2 Å². The van der Waals surface area contributed by atoms with Gasteiger partial charge in [-0.25, -0.2) is 0 Å². The zero-order valence-electron chi connectivity index (χ0n) is 16.2. The molecule has 0 fully saturated rings. The van der Waals surface area contributed by atoms with Crippen LogP contribution in [0, 0.1) is 0 Å². The molecule has 4 heteroatoms. The van der Waals surface area contributed by atoms with Crippen molar-refractivity contribution in [2.75, 3.05) is 32.9 Å². The van der Waals surface area contributed by atoms with Gasteiger partial charge in [-0.05, 0) is 55.5 Å². The summed E-state index contributed by atoms with van der Waals surface area (Å²) in [6.45, 7) is 6.36. The van der Waals surface area contributed by atoms with Gasteiger partial charge in [0, 0.05) is 12.6 Å². The lowest BCUT2D eigenvalue weighted by atomic mass is 10.1. The van der Waals surface area contributed by atoms with Crippen LogP contribution in [0.1, 0.15) is 30.9 Å². The molecular weight excluding hydrogens is 338 g/mol. The fraction of sp³-hybridized carbons (Fsp3) is 0.478. The monoisotopic (exact) mass is 367 g/mol. The summed E-state index contributed by atoms with van der Waals surface area (Å²) in [4.78, 5) is 2.64. The van der Waals surface area contributed by atoms with Crippen molar-refractivity contribution in [1.82, 2.24) is 4.90 Å². The van der Waals surface area contributed by atoms with Gasteiger partial charge in [0.15, 0.2) is 11.5 Å². The Hall–Kier alpha value is -2.20. The van der Waals surface area contributed by atoms with Crippen molar-refractivity contribution in [1.29, 1.82) is 0 Å². The maximum absolute atomic E-state index is 6.03. The highest BCUT2D eigenvalue weighted by Gasteiger charge is 2.25. The van der Waals surface area contributed by atoms with Crippen LogP contribution in [0.25, 0.3) is 0 Å². The van der Waals surface area contributed by atoms with Crippen molar-refractivity contribution >= 4 is 0 Å². The van der Waals surface area contributed by atoms with Crippen molar-refractivity contribution in [2.45, 2.75) is 38.6 Å². The molecule has 4 nitrogen and oxygen atoms in total. The van der Waals surface area contributed by atoms with Gasteiger partial charge in [0.05, 0.1) is 6.61 Å². The minimum absolute atomic E-state index is 0.583. The highest BCUT2D eigenvalue weighted by molar-refractivity contribution is 5.51. The smallest absolute Gasteiger partial charge is 0.203 e. The van der Waals surface area contributed by atoms with Crippen molar-refractivity contribution < 1.29 is 14.2 Å². The maximum atomic E-state index is 6.03. The summed E-state index contributed by atoms with van der Waals surface area (Å²) in [6.07, 6.45) is 4.55. The first-order valence-electron chi connectivity index (χ1n) is 10.2. The summed E-state index contributed by atoms with van der Waals surface area (Å²) >= 11 is 0. The molecule has 0 aromatic heterocycles. The molecule has 2 aliphatic rings. The number of rotatable bonds is 8. The molecule has 2 aromatic carbocycles. The van der Waals surface area contributed by atoms with E-state index < -0.39 is 0 Å². The number of fused-ring (bicyclic) bond motifs is 2. The Labute approximate surface area is 162 Å². The van der Waals surface area contributed by atoms with Crippen LogP contribution >= 0.6 is 0 Å². The van der Waals surface area contributed by atoms with E-state index in [0.717, 1.165) is 36.8 Å². The lowest BCUT2D eigenvalue weighted by Gasteiger charge is -2.28. The highest BCUT2D eigenvalue weighted by Crippen LogP contribution is 2.39. The normalized spacial score (nSPS) is 15.8. The van der Waals surface area contributed by atoms with E-state index in [1.54, 1.807) is 0 Å². The highest BCUT2D eigenvalue weighted by atomic mass is 16.6. The number of hydrogen-bond acceptors (Lipinski definition) is 4. The fourth-order valence-electron chi connectivity index (χ4n) is 4.17. The Balaban J connectivity index is 1.30. The third-order valence-corrected chi connectivity index (χ3v) is 5.43. The predicted molar refractivity (Wildman–Crippen MR) is 107 cm³/mol. The maximum Gasteiger partial charge on any atom is 0.203 e. The fourth-order valence-corrected chi connectivity index (χ4v) is 4.17. The molecule has 1 heterocycles. The standard InChI is InChI=1S/C23H29NO3/c1-2-11-24(20-16-18-7-3-4-8-19(18)17-20)12-6-13-25-21-9-5-10-22-23(21)27-15-14-26-22/h3-5,7-10,20H,2,6,11-17H2,1H3. The molecule has 0 amide bonds. The third kappa shape index (κ3) is 4.22. The van der Waals surface area contributed by atoms with E-state index in [9.17, 15) is 0 Å². The van der Waals surface area contributed by atoms with Crippen LogP contribution in [0.3, 0.4) is 0 Å². The first-order chi connectivity index (χ1) is 13.3. The topological polar surface area (TPSA) is 30.9 Å². The van der Waals surface area contributed by atoms with Crippen LogP contribution in [0.2, 0.25) is 0 Å². The quantitative estimate of drug-likeness (QED) is 0.657. The molecule has 0 radical (unpaired) electrons. The summed E-state index contributed by atoms with van der Waals surface area (Å²) in [7, 11) is 0. The molecule has 2 aromatic rings. The Morgan fingerprint density at radius 3 is 2.52 bits per heavy atom. The summed E-state index contributed by atoms with van der Waals surface area (Å²) in [5, 5.41) is 0. The summed E-state index contributed by atoms with van der Waals surface area (Å²) in [6, 6.07) is 15.4. The molecule has 27 heavy (non-hydrogen) atoms. The van der Waals surface area contributed by atoms with E-state index in [1.807, 2.05) is 18.2 Å². The number of benzene rings is 2. The SMILES string of the molecule is CCCN(CCCOc1cccc2c1OCCO2)C1Cc2ccccc2C1. The Kier molecular flexibility index (Phi) is 5.83. The van der Waals surface area contributed by atoms with Crippen molar-refractivity contribution in [2.24, 2.45) is 0 Å². The van der Waals surface area contributed by atoms with Gasteiger partial charge in [0.25, 0.3) is 0 Å². The van der Waals surface area contributed by atoms with Crippen LogP contribution in [-0.4, -0.2) is 43.9 Å². The van der Waals surface area contributed by atoms with Crippen molar-refractivity contribution in [3.63, 3.8) is 0 Å². The molecule has 0 atom stereocenters. The van der Waals surface area contributed by atoms with Gasteiger partial charge in [-0.2, -0.15) is 0 Å². The molecule has 0 spiro atoms. The second kappa shape index (κ2) is 8.66. The molecule has 0 saturated heterocycles. The summed E-state index contributed by atoms with van der Waals surface area (Å²) < 4.78 is 17.4. The van der Waals surface area contributed by atoms with E-state index >= 15 is 0 Å². The van der Waals surface area contributed by atoms with E-state index in [2.05, 4.69) is 36.1 Å². The Morgan fingerprint density at radius 2 is 1.74 bits per heavy atom. The lowest BCUT2D eigenvalue weighted by Crippen LogP contribution is -2.37. The van der Waals surface area contributed by atoms with Gasteiger partial charge in [-0.3, -0.25) is 4.90 Å². The van der Waals surface area contributed by atoms with Gasteiger partial charge >= 0.3 is 0 Å². The zero-order valence-corrected chi connectivity index (χ0v) is 16.2. The van der Waals surface area contributed by atoms with E-state index in [-0.39, 0.29) is 0 Å². The minimum atomic E-state index is 0.583. The molecular formula is C23H29NO3. The first-order valence-corrected chi connectivity index (χ1v) is 10.2. The average Bonchev–Trinajstić information content (AvgIpc) is 3.14. The summed E-state index contributed by atoms with van der Waals surface area (Å²) in [5.41, 5.74) is 3.04. The first kappa shape index (κ1) is 18.2. The molecule has 1 aliphatic heterocycles. The van der Waals surface area contributed by atoms with Gasteiger partial charge in [-0.15, -0.1) is 0 Å². The van der Waals surface area contributed by atoms with Crippen LogP contribution in [0.4, 0.5) is 0 Å².